The maximum Gasteiger partial charge on any atom is 0.164 e. The third-order valence-electron chi connectivity index (χ3n) is 12.0. The van der Waals surface area contributed by atoms with Crippen LogP contribution in [0.5, 0.6) is 0 Å². The van der Waals surface area contributed by atoms with E-state index in [-0.39, 0.29) is 0 Å². The summed E-state index contributed by atoms with van der Waals surface area (Å²) in [4.78, 5) is 15.4. The molecule has 284 valence electrons. The van der Waals surface area contributed by atoms with Crippen molar-refractivity contribution in [3.05, 3.63) is 218 Å². The zero-order chi connectivity index (χ0) is 40.3. The van der Waals surface area contributed by atoms with Crippen molar-refractivity contribution < 1.29 is 0 Å². The SMILES string of the molecule is c1ccc(-c2ccc3c(c2)c2c(-c4nc(-c5ccccc5)nc(-c5ccccc5)n4)cccc2n3-c2cccc(-c3ccc4c5ccccc5c5ccccc5c4c3)c2)cc1. The lowest BCUT2D eigenvalue weighted by molar-refractivity contribution is 1.08. The van der Waals surface area contributed by atoms with Crippen LogP contribution in [0.1, 0.15) is 0 Å². The van der Waals surface area contributed by atoms with E-state index < -0.39 is 0 Å². The molecular formula is C57H36N4. The Morgan fingerprint density at radius 3 is 1.36 bits per heavy atom. The average Bonchev–Trinajstić information content (AvgIpc) is 3.68. The fraction of sp³-hybridized carbons (Fsp3) is 0. The first-order valence-corrected chi connectivity index (χ1v) is 20.7. The Labute approximate surface area is 352 Å². The number of aromatic nitrogens is 4. The molecule has 0 atom stereocenters. The van der Waals surface area contributed by atoms with Crippen LogP contribution in [0.3, 0.4) is 0 Å². The summed E-state index contributed by atoms with van der Waals surface area (Å²) < 4.78 is 2.40. The molecule has 0 N–H and O–H groups in total. The number of rotatable bonds is 6. The van der Waals surface area contributed by atoms with Crippen molar-refractivity contribution in [1.82, 2.24) is 19.5 Å². The Kier molecular flexibility index (Phi) is 8.13. The molecule has 0 aliphatic heterocycles. The molecule has 0 saturated carbocycles. The van der Waals surface area contributed by atoms with Crippen LogP contribution >= 0.6 is 0 Å². The molecule has 2 heterocycles. The van der Waals surface area contributed by atoms with E-state index in [1.54, 1.807) is 0 Å². The summed E-state index contributed by atoms with van der Waals surface area (Å²) in [6.07, 6.45) is 0. The van der Waals surface area contributed by atoms with Crippen LogP contribution in [0, 0.1) is 0 Å². The monoisotopic (exact) mass is 776 g/mol. The van der Waals surface area contributed by atoms with E-state index in [1.807, 2.05) is 36.4 Å². The third kappa shape index (κ3) is 5.88. The summed E-state index contributed by atoms with van der Waals surface area (Å²) in [5, 5.41) is 9.85. The number of fused-ring (bicyclic) bond motifs is 9. The van der Waals surface area contributed by atoms with Crippen molar-refractivity contribution in [3.8, 4) is 62.1 Å². The fourth-order valence-corrected chi connectivity index (χ4v) is 9.19. The van der Waals surface area contributed by atoms with Gasteiger partial charge in [-0.1, -0.05) is 182 Å². The molecule has 0 amide bonds. The van der Waals surface area contributed by atoms with Crippen LogP contribution in [0.2, 0.25) is 0 Å². The highest BCUT2D eigenvalue weighted by molar-refractivity contribution is 6.25. The summed E-state index contributed by atoms with van der Waals surface area (Å²) in [5.41, 5.74) is 10.7. The lowest BCUT2D eigenvalue weighted by Gasteiger charge is -2.13. The highest BCUT2D eigenvalue weighted by atomic mass is 15.0. The maximum atomic E-state index is 5.21. The Balaban J connectivity index is 1.09. The second-order valence-corrected chi connectivity index (χ2v) is 15.6. The van der Waals surface area contributed by atoms with E-state index in [2.05, 4.69) is 187 Å². The first-order chi connectivity index (χ1) is 30.2. The van der Waals surface area contributed by atoms with Gasteiger partial charge >= 0.3 is 0 Å². The van der Waals surface area contributed by atoms with Crippen LogP contribution in [0.15, 0.2) is 218 Å². The standard InChI is InChI=1S/C57H36N4/c1-4-16-37(17-5-1)41-31-33-52-51(36-41)54-49(57-59-55(38-18-6-2-7-19-38)58-56(60-57)39-20-8-3-9-21-39)28-15-29-53(54)61(52)43-23-14-22-40(34-43)42-30-32-48-46-26-11-10-24-44(46)45-25-12-13-27-47(45)50(48)35-42/h1-36H. The lowest BCUT2D eigenvalue weighted by atomic mass is 9.92. The molecular weight excluding hydrogens is 741 g/mol. The maximum absolute atomic E-state index is 5.21. The predicted molar refractivity (Wildman–Crippen MR) is 254 cm³/mol. The fourth-order valence-electron chi connectivity index (χ4n) is 9.19. The third-order valence-corrected chi connectivity index (χ3v) is 12.0. The summed E-state index contributed by atoms with van der Waals surface area (Å²) in [6.45, 7) is 0. The molecule has 0 radical (unpaired) electrons. The van der Waals surface area contributed by atoms with Gasteiger partial charge in [0.2, 0.25) is 0 Å². The smallest absolute Gasteiger partial charge is 0.164 e. The topological polar surface area (TPSA) is 43.6 Å². The van der Waals surface area contributed by atoms with Crippen molar-refractivity contribution in [1.29, 1.82) is 0 Å². The largest absolute Gasteiger partial charge is 0.309 e. The van der Waals surface area contributed by atoms with Gasteiger partial charge in [0, 0.05) is 33.2 Å². The molecule has 0 saturated heterocycles. The van der Waals surface area contributed by atoms with E-state index in [4.69, 9.17) is 15.0 Å². The van der Waals surface area contributed by atoms with E-state index in [0.29, 0.717) is 17.5 Å². The summed E-state index contributed by atoms with van der Waals surface area (Å²) in [7, 11) is 0. The minimum absolute atomic E-state index is 0.632. The van der Waals surface area contributed by atoms with E-state index in [0.717, 1.165) is 55.3 Å². The molecule has 0 unspecified atom stereocenters. The number of benzene rings is 10. The van der Waals surface area contributed by atoms with Gasteiger partial charge < -0.3 is 4.57 Å². The lowest BCUT2D eigenvalue weighted by Crippen LogP contribution is -2.00. The van der Waals surface area contributed by atoms with Gasteiger partial charge in [0.25, 0.3) is 0 Å². The first-order valence-electron chi connectivity index (χ1n) is 20.7. The molecule has 0 fully saturated rings. The Morgan fingerprint density at radius 1 is 0.262 bits per heavy atom. The van der Waals surface area contributed by atoms with Gasteiger partial charge in [-0.3, -0.25) is 0 Å². The average molecular weight is 777 g/mol. The normalized spacial score (nSPS) is 11.6. The van der Waals surface area contributed by atoms with Crippen molar-refractivity contribution >= 4 is 54.1 Å². The van der Waals surface area contributed by atoms with Gasteiger partial charge in [-0.25, -0.2) is 15.0 Å². The Bertz CT molecular complexity index is 3540. The quantitative estimate of drug-likeness (QED) is 0.158. The highest BCUT2D eigenvalue weighted by Crippen LogP contribution is 2.42. The van der Waals surface area contributed by atoms with Gasteiger partial charge in [0.15, 0.2) is 17.5 Å². The van der Waals surface area contributed by atoms with Crippen molar-refractivity contribution in [2.24, 2.45) is 0 Å². The van der Waals surface area contributed by atoms with Crippen molar-refractivity contribution in [2.75, 3.05) is 0 Å². The second kappa shape index (κ2) is 14.3. The number of hydrogen-bond donors (Lipinski definition) is 0. The minimum atomic E-state index is 0.632. The van der Waals surface area contributed by atoms with Gasteiger partial charge in [0.05, 0.1) is 11.0 Å². The van der Waals surface area contributed by atoms with Crippen LogP contribution in [0.25, 0.3) is 116 Å². The molecule has 0 bridgehead atoms. The van der Waals surface area contributed by atoms with Crippen molar-refractivity contribution in [2.45, 2.75) is 0 Å². The Hall–Kier alpha value is -8.21. The molecule has 0 spiro atoms. The molecule has 4 nitrogen and oxygen atoms in total. The van der Waals surface area contributed by atoms with E-state index >= 15 is 0 Å². The number of nitrogens with zero attached hydrogens (tertiary/aromatic N) is 4. The molecule has 2 aromatic heterocycles. The Morgan fingerprint density at radius 2 is 0.721 bits per heavy atom. The summed E-state index contributed by atoms with van der Waals surface area (Å²) in [6, 6.07) is 77.7. The minimum Gasteiger partial charge on any atom is -0.309 e. The van der Waals surface area contributed by atoms with Gasteiger partial charge in [-0.05, 0) is 91.0 Å². The van der Waals surface area contributed by atoms with Crippen LogP contribution in [-0.2, 0) is 0 Å². The molecule has 61 heavy (non-hydrogen) atoms. The first kappa shape index (κ1) is 34.8. The van der Waals surface area contributed by atoms with Gasteiger partial charge in [0.1, 0.15) is 0 Å². The molecule has 0 aliphatic carbocycles. The van der Waals surface area contributed by atoms with E-state index in [9.17, 15) is 0 Å². The second-order valence-electron chi connectivity index (χ2n) is 15.6. The number of hydrogen-bond acceptors (Lipinski definition) is 3. The zero-order valence-electron chi connectivity index (χ0n) is 33.1. The highest BCUT2D eigenvalue weighted by Gasteiger charge is 2.21. The molecule has 0 aliphatic rings. The zero-order valence-corrected chi connectivity index (χ0v) is 33.1. The van der Waals surface area contributed by atoms with Crippen LogP contribution in [-0.4, -0.2) is 19.5 Å². The van der Waals surface area contributed by atoms with Crippen LogP contribution in [0.4, 0.5) is 0 Å². The summed E-state index contributed by atoms with van der Waals surface area (Å²) in [5.74, 6) is 1.91. The summed E-state index contributed by atoms with van der Waals surface area (Å²) >= 11 is 0. The molecule has 10 aromatic carbocycles. The molecule has 12 rings (SSSR count). The van der Waals surface area contributed by atoms with E-state index in [1.165, 1.54) is 43.4 Å². The molecule has 4 heteroatoms. The van der Waals surface area contributed by atoms with Gasteiger partial charge in [-0.2, -0.15) is 0 Å². The van der Waals surface area contributed by atoms with Crippen molar-refractivity contribution in [3.63, 3.8) is 0 Å². The molecule has 12 aromatic rings. The van der Waals surface area contributed by atoms with Gasteiger partial charge in [-0.15, -0.1) is 0 Å². The van der Waals surface area contributed by atoms with Crippen LogP contribution < -0.4 is 0 Å². The predicted octanol–water partition coefficient (Wildman–Crippen LogP) is 14.8.